The van der Waals surface area contributed by atoms with Crippen LogP contribution in [-0.2, 0) is 16.4 Å². The first-order valence-electron chi connectivity index (χ1n) is 5.82. The third-order valence-corrected chi connectivity index (χ3v) is 5.37. The van der Waals surface area contributed by atoms with Crippen molar-refractivity contribution in [2.45, 2.75) is 13.0 Å². The van der Waals surface area contributed by atoms with Gasteiger partial charge in [-0.3, -0.25) is 0 Å². The Morgan fingerprint density at radius 3 is 2.89 bits per heavy atom. The van der Waals surface area contributed by atoms with Crippen molar-refractivity contribution in [3.63, 3.8) is 0 Å². The van der Waals surface area contributed by atoms with Gasteiger partial charge in [0.2, 0.25) is 0 Å². The molecule has 1 N–H and O–H groups in total. The molecule has 0 spiro atoms. The number of hydrogen-bond acceptors (Lipinski definition) is 3. The number of rotatable bonds is 4. The molecule has 100 valence electrons. The maximum absolute atomic E-state index is 13.2. The summed E-state index contributed by atoms with van der Waals surface area (Å²) in [6.07, 6.45) is 0.701. The van der Waals surface area contributed by atoms with Gasteiger partial charge in [0.05, 0.1) is 16.5 Å². The van der Waals surface area contributed by atoms with Crippen molar-refractivity contribution in [3.8, 4) is 0 Å². The highest BCUT2D eigenvalue weighted by Gasteiger charge is 2.27. The van der Waals surface area contributed by atoms with Gasteiger partial charge < -0.3 is 5.32 Å². The topological polar surface area (TPSA) is 46.2 Å². The predicted molar refractivity (Wildman–Crippen MR) is 69.9 cm³/mol. The number of sulfone groups is 1. The van der Waals surface area contributed by atoms with Crippen LogP contribution in [0.25, 0.3) is 0 Å². The van der Waals surface area contributed by atoms with Crippen LogP contribution in [0, 0.1) is 11.7 Å². The molecule has 1 atom stereocenters. The van der Waals surface area contributed by atoms with E-state index >= 15 is 0 Å². The summed E-state index contributed by atoms with van der Waals surface area (Å²) in [7, 11) is -2.83. The van der Waals surface area contributed by atoms with Crippen molar-refractivity contribution in [2.75, 3.05) is 18.1 Å². The molecule has 0 saturated carbocycles. The third kappa shape index (κ3) is 3.43. The smallest absolute Gasteiger partial charge is 0.150 e. The molecule has 1 saturated heterocycles. The molecule has 6 heteroatoms. The summed E-state index contributed by atoms with van der Waals surface area (Å²) in [5.74, 6) is 0.249. The van der Waals surface area contributed by atoms with Crippen LogP contribution in [0.15, 0.2) is 18.2 Å². The van der Waals surface area contributed by atoms with Crippen LogP contribution in [0.1, 0.15) is 12.0 Å². The Labute approximate surface area is 111 Å². The molecule has 18 heavy (non-hydrogen) atoms. The molecule has 1 fully saturated rings. The van der Waals surface area contributed by atoms with E-state index in [-0.39, 0.29) is 22.4 Å². The van der Waals surface area contributed by atoms with Crippen molar-refractivity contribution in [3.05, 3.63) is 34.6 Å². The lowest BCUT2D eigenvalue weighted by atomic mass is 10.1. The van der Waals surface area contributed by atoms with Crippen molar-refractivity contribution in [2.24, 2.45) is 5.92 Å². The number of hydrogen-bond donors (Lipinski definition) is 1. The molecule has 2 rings (SSSR count). The lowest BCUT2D eigenvalue weighted by Crippen LogP contribution is -2.23. The summed E-state index contributed by atoms with van der Waals surface area (Å²) in [6, 6.07) is 4.68. The zero-order valence-electron chi connectivity index (χ0n) is 9.83. The summed E-state index contributed by atoms with van der Waals surface area (Å²) in [5, 5.41) is 3.26. The van der Waals surface area contributed by atoms with Crippen LogP contribution in [0.5, 0.6) is 0 Å². The Bertz CT molecular complexity index is 533. The second-order valence-electron chi connectivity index (χ2n) is 4.61. The van der Waals surface area contributed by atoms with E-state index in [1.165, 1.54) is 6.07 Å². The van der Waals surface area contributed by atoms with Gasteiger partial charge in [-0.25, -0.2) is 12.8 Å². The van der Waals surface area contributed by atoms with Crippen molar-refractivity contribution >= 4 is 21.4 Å². The number of halogens is 2. The molecule has 1 heterocycles. The Morgan fingerprint density at radius 1 is 1.44 bits per heavy atom. The van der Waals surface area contributed by atoms with Crippen molar-refractivity contribution in [1.29, 1.82) is 0 Å². The fraction of sp³-hybridized carbons (Fsp3) is 0.500. The first-order chi connectivity index (χ1) is 8.48. The highest BCUT2D eigenvalue weighted by molar-refractivity contribution is 7.91. The largest absolute Gasteiger partial charge is 0.312 e. The minimum atomic E-state index is -2.83. The molecule has 1 aromatic carbocycles. The summed E-state index contributed by atoms with van der Waals surface area (Å²) in [6.45, 7) is 1.07. The maximum Gasteiger partial charge on any atom is 0.150 e. The van der Waals surface area contributed by atoms with Gasteiger partial charge in [-0.1, -0.05) is 23.7 Å². The molecular formula is C12H15ClFNO2S. The van der Waals surface area contributed by atoms with E-state index in [1.54, 1.807) is 12.1 Å². The van der Waals surface area contributed by atoms with E-state index in [2.05, 4.69) is 5.32 Å². The first-order valence-corrected chi connectivity index (χ1v) is 8.02. The van der Waals surface area contributed by atoms with E-state index in [1.807, 2.05) is 0 Å². The van der Waals surface area contributed by atoms with Crippen molar-refractivity contribution in [1.82, 2.24) is 5.32 Å². The molecule has 3 nitrogen and oxygen atoms in total. The van der Waals surface area contributed by atoms with Gasteiger partial charge in [-0.05, 0) is 30.5 Å². The van der Waals surface area contributed by atoms with Gasteiger partial charge in [0.15, 0.2) is 9.84 Å². The molecule has 0 amide bonds. The normalized spacial score (nSPS) is 22.2. The first kappa shape index (κ1) is 13.8. The van der Waals surface area contributed by atoms with Crippen LogP contribution in [0.4, 0.5) is 4.39 Å². The molecule has 1 aliphatic rings. The summed E-state index contributed by atoms with van der Waals surface area (Å²) < 4.78 is 35.7. The third-order valence-electron chi connectivity index (χ3n) is 3.11. The van der Waals surface area contributed by atoms with E-state index in [0.717, 1.165) is 0 Å². The van der Waals surface area contributed by atoms with E-state index in [0.29, 0.717) is 25.1 Å². The zero-order chi connectivity index (χ0) is 13.2. The summed E-state index contributed by atoms with van der Waals surface area (Å²) in [4.78, 5) is 0. The van der Waals surface area contributed by atoms with E-state index < -0.39 is 15.7 Å². The highest BCUT2D eigenvalue weighted by atomic mass is 35.5. The monoisotopic (exact) mass is 291 g/mol. The lowest BCUT2D eigenvalue weighted by molar-refractivity contribution is 0.519. The van der Waals surface area contributed by atoms with Crippen LogP contribution >= 0.6 is 11.6 Å². The Morgan fingerprint density at radius 2 is 2.22 bits per heavy atom. The van der Waals surface area contributed by atoms with Crippen molar-refractivity contribution < 1.29 is 12.8 Å². The minimum Gasteiger partial charge on any atom is -0.312 e. The van der Waals surface area contributed by atoms with Crippen LogP contribution in [0.3, 0.4) is 0 Å². The molecule has 1 unspecified atom stereocenters. The second kappa shape index (κ2) is 5.55. The molecule has 1 aliphatic heterocycles. The molecule has 0 aromatic heterocycles. The van der Waals surface area contributed by atoms with Gasteiger partial charge >= 0.3 is 0 Å². The van der Waals surface area contributed by atoms with Crippen LogP contribution < -0.4 is 5.32 Å². The molecular weight excluding hydrogens is 277 g/mol. The number of benzene rings is 1. The van der Waals surface area contributed by atoms with E-state index in [9.17, 15) is 12.8 Å². The summed E-state index contributed by atoms with van der Waals surface area (Å²) >= 11 is 5.82. The lowest BCUT2D eigenvalue weighted by Gasteiger charge is -2.10. The maximum atomic E-state index is 13.2. The van der Waals surface area contributed by atoms with E-state index in [4.69, 9.17) is 11.6 Å². The molecule has 0 radical (unpaired) electrons. The zero-order valence-corrected chi connectivity index (χ0v) is 11.4. The van der Waals surface area contributed by atoms with Gasteiger partial charge in [-0.2, -0.15) is 0 Å². The fourth-order valence-corrected chi connectivity index (χ4v) is 4.18. The quantitative estimate of drug-likeness (QED) is 0.923. The van der Waals surface area contributed by atoms with Gasteiger partial charge in [0, 0.05) is 6.54 Å². The Hall–Kier alpha value is -0.650. The van der Waals surface area contributed by atoms with Gasteiger partial charge in [0.25, 0.3) is 0 Å². The average molecular weight is 292 g/mol. The van der Waals surface area contributed by atoms with Crippen LogP contribution in [-0.4, -0.2) is 26.5 Å². The molecule has 0 aliphatic carbocycles. The highest BCUT2D eigenvalue weighted by Crippen LogP contribution is 2.20. The predicted octanol–water partition coefficient (Wildman–Crippen LogP) is 2.00. The second-order valence-corrected chi connectivity index (χ2v) is 7.22. The Kier molecular flexibility index (Phi) is 4.25. The fourth-order valence-electron chi connectivity index (χ4n) is 2.13. The number of nitrogens with one attached hydrogen (secondary N) is 1. The Balaban J connectivity index is 1.84. The van der Waals surface area contributed by atoms with Gasteiger partial charge in [0.1, 0.15) is 5.82 Å². The average Bonchev–Trinajstić information content (AvgIpc) is 2.64. The molecule has 1 aromatic rings. The summed E-state index contributed by atoms with van der Waals surface area (Å²) in [5.41, 5.74) is 0.692. The molecule has 0 bridgehead atoms. The SMILES string of the molecule is O=S1(=O)CCC(CNCc2cccc(F)c2Cl)C1. The van der Waals surface area contributed by atoms with Gasteiger partial charge in [-0.15, -0.1) is 0 Å². The minimum absolute atomic E-state index is 0.129. The standard InChI is InChI=1S/C12H15ClFNO2S/c13-12-10(2-1-3-11(12)14)7-15-6-9-4-5-18(16,17)8-9/h1-3,9,15H,4-8H2. The van der Waals surface area contributed by atoms with Crippen LogP contribution in [0.2, 0.25) is 5.02 Å².